The third-order valence-electron chi connectivity index (χ3n) is 5.55. The first-order chi connectivity index (χ1) is 13.9. The van der Waals surface area contributed by atoms with Gasteiger partial charge in [-0.25, -0.2) is 0 Å². The van der Waals surface area contributed by atoms with Crippen LogP contribution < -0.4 is 10.1 Å². The highest BCUT2D eigenvalue weighted by molar-refractivity contribution is 9.10. The lowest BCUT2D eigenvalue weighted by Gasteiger charge is -2.35. The zero-order valence-corrected chi connectivity index (χ0v) is 18.0. The molecule has 2 N–H and O–H groups in total. The molecule has 0 saturated carbocycles. The summed E-state index contributed by atoms with van der Waals surface area (Å²) in [5, 5.41) is 13.6. The van der Waals surface area contributed by atoms with Gasteiger partial charge in [0.1, 0.15) is 0 Å². The van der Waals surface area contributed by atoms with Crippen molar-refractivity contribution >= 4 is 39.2 Å². The third kappa shape index (κ3) is 3.67. The lowest BCUT2D eigenvalue weighted by atomic mass is 9.73. The van der Waals surface area contributed by atoms with E-state index in [1.165, 1.54) is 7.11 Å². The van der Waals surface area contributed by atoms with E-state index in [0.29, 0.717) is 39.4 Å². The van der Waals surface area contributed by atoms with E-state index in [-0.39, 0.29) is 35.7 Å². The van der Waals surface area contributed by atoms with Crippen molar-refractivity contribution in [2.45, 2.75) is 31.1 Å². The number of allylic oxidation sites excluding steroid dienone is 2. The van der Waals surface area contributed by atoms with Crippen LogP contribution in [0.25, 0.3) is 0 Å². The number of hydrogen-bond acceptors (Lipinski definition) is 4. The van der Waals surface area contributed by atoms with Crippen LogP contribution in [0.5, 0.6) is 11.5 Å². The van der Waals surface area contributed by atoms with E-state index in [2.05, 4.69) is 21.2 Å². The Balaban J connectivity index is 1.76. The smallest absolute Gasteiger partial charge is 0.225 e. The van der Waals surface area contributed by atoms with Crippen molar-refractivity contribution in [1.29, 1.82) is 0 Å². The fraction of sp³-hybridized carbons (Fsp3) is 0.273. The van der Waals surface area contributed by atoms with Crippen molar-refractivity contribution in [3.63, 3.8) is 0 Å². The molecule has 2 aliphatic rings. The Morgan fingerprint density at radius 3 is 2.66 bits per heavy atom. The average Bonchev–Trinajstić information content (AvgIpc) is 2.69. The second kappa shape index (κ2) is 7.84. The van der Waals surface area contributed by atoms with Crippen LogP contribution in [0.1, 0.15) is 42.2 Å². The quantitative estimate of drug-likeness (QED) is 0.666. The second-order valence-electron chi connectivity index (χ2n) is 7.30. The van der Waals surface area contributed by atoms with Gasteiger partial charge in [0.25, 0.3) is 0 Å². The first-order valence-corrected chi connectivity index (χ1v) is 10.4. The number of amides is 1. The Morgan fingerprint density at radius 2 is 1.93 bits per heavy atom. The number of Topliss-reactive ketones (excluding diaryl/α,β-unsaturated/α-hetero) is 1. The number of hydrogen-bond donors (Lipinski definition) is 2. The Morgan fingerprint density at radius 1 is 1.17 bits per heavy atom. The van der Waals surface area contributed by atoms with Crippen LogP contribution >= 0.6 is 27.5 Å². The van der Waals surface area contributed by atoms with Crippen molar-refractivity contribution in [2.75, 3.05) is 7.11 Å². The minimum Gasteiger partial charge on any atom is -0.503 e. The number of methoxy groups -OCH3 is 1. The van der Waals surface area contributed by atoms with Crippen LogP contribution in [0.3, 0.4) is 0 Å². The van der Waals surface area contributed by atoms with Gasteiger partial charge in [-0.05, 0) is 57.6 Å². The van der Waals surface area contributed by atoms with Crippen LogP contribution in [0.4, 0.5) is 0 Å². The summed E-state index contributed by atoms with van der Waals surface area (Å²) < 4.78 is 5.69. The molecule has 0 radical (unpaired) electrons. The van der Waals surface area contributed by atoms with Crippen molar-refractivity contribution in [1.82, 2.24) is 5.32 Å². The molecule has 7 heteroatoms. The number of rotatable bonds is 3. The van der Waals surface area contributed by atoms with Crippen LogP contribution in [0.2, 0.25) is 5.02 Å². The molecule has 1 heterocycles. The molecule has 2 aromatic rings. The average molecular weight is 477 g/mol. The monoisotopic (exact) mass is 475 g/mol. The van der Waals surface area contributed by atoms with Crippen LogP contribution in [0.15, 0.2) is 52.1 Å². The molecule has 0 bridgehead atoms. The van der Waals surface area contributed by atoms with Crippen molar-refractivity contribution in [2.24, 2.45) is 0 Å². The highest BCUT2D eigenvalue weighted by Gasteiger charge is 2.39. The topological polar surface area (TPSA) is 75.6 Å². The number of phenolic OH excluding ortho intramolecular Hbond substituents is 1. The van der Waals surface area contributed by atoms with E-state index in [1.807, 2.05) is 24.3 Å². The van der Waals surface area contributed by atoms with E-state index < -0.39 is 0 Å². The predicted octanol–water partition coefficient (Wildman–Crippen LogP) is 4.82. The van der Waals surface area contributed by atoms with E-state index in [4.69, 9.17) is 16.3 Å². The number of ketones is 1. The summed E-state index contributed by atoms with van der Waals surface area (Å²) in [6.45, 7) is 0. The molecule has 2 unspecified atom stereocenters. The summed E-state index contributed by atoms with van der Waals surface area (Å²) in [5.41, 5.74) is 2.96. The maximum absolute atomic E-state index is 13.2. The third-order valence-corrected chi connectivity index (χ3v) is 6.50. The lowest BCUT2D eigenvalue weighted by molar-refractivity contribution is -0.122. The molecule has 0 saturated heterocycles. The van der Waals surface area contributed by atoms with Gasteiger partial charge in [0.2, 0.25) is 5.91 Å². The fourth-order valence-electron chi connectivity index (χ4n) is 4.22. The first kappa shape index (κ1) is 20.0. The van der Waals surface area contributed by atoms with Crippen LogP contribution in [-0.4, -0.2) is 23.9 Å². The summed E-state index contributed by atoms with van der Waals surface area (Å²) in [5.74, 6) is -0.313. The minimum atomic E-state index is -0.385. The minimum absolute atomic E-state index is 0.00401. The maximum Gasteiger partial charge on any atom is 0.225 e. The number of carbonyl (C=O) groups is 2. The highest BCUT2D eigenvalue weighted by atomic mass is 79.9. The van der Waals surface area contributed by atoms with Gasteiger partial charge in [-0.1, -0.05) is 29.8 Å². The molecular weight excluding hydrogens is 458 g/mol. The number of benzene rings is 2. The van der Waals surface area contributed by atoms with Crippen molar-refractivity contribution in [3.8, 4) is 11.5 Å². The molecule has 4 rings (SSSR count). The Bertz CT molecular complexity index is 1050. The van der Waals surface area contributed by atoms with E-state index in [0.717, 1.165) is 11.1 Å². The Labute approximate surface area is 181 Å². The molecule has 29 heavy (non-hydrogen) atoms. The van der Waals surface area contributed by atoms with E-state index in [1.54, 1.807) is 12.1 Å². The zero-order valence-electron chi connectivity index (χ0n) is 15.7. The molecule has 1 aliphatic heterocycles. The normalized spacial score (nSPS) is 21.6. The number of aromatic hydroxyl groups is 1. The van der Waals surface area contributed by atoms with Gasteiger partial charge >= 0.3 is 0 Å². The largest absolute Gasteiger partial charge is 0.503 e. The van der Waals surface area contributed by atoms with Gasteiger partial charge in [-0.3, -0.25) is 9.59 Å². The molecule has 1 amide bonds. The summed E-state index contributed by atoms with van der Waals surface area (Å²) in [6, 6.07) is 10.9. The lowest BCUT2D eigenvalue weighted by Crippen LogP contribution is -2.38. The van der Waals surface area contributed by atoms with Crippen molar-refractivity contribution in [3.05, 3.63) is 68.3 Å². The van der Waals surface area contributed by atoms with E-state index >= 15 is 0 Å². The van der Waals surface area contributed by atoms with Gasteiger partial charge in [0.05, 0.1) is 11.6 Å². The zero-order chi connectivity index (χ0) is 20.7. The summed E-state index contributed by atoms with van der Waals surface area (Å²) in [4.78, 5) is 25.6. The summed E-state index contributed by atoms with van der Waals surface area (Å²) in [7, 11) is 1.46. The molecule has 0 aromatic heterocycles. The second-order valence-corrected chi connectivity index (χ2v) is 8.56. The Kier molecular flexibility index (Phi) is 5.40. The van der Waals surface area contributed by atoms with Gasteiger partial charge in [0.15, 0.2) is 17.3 Å². The van der Waals surface area contributed by atoms with Gasteiger partial charge < -0.3 is 15.2 Å². The van der Waals surface area contributed by atoms with E-state index in [9.17, 15) is 14.7 Å². The van der Waals surface area contributed by atoms with Gasteiger partial charge in [0, 0.05) is 35.1 Å². The summed E-state index contributed by atoms with van der Waals surface area (Å²) >= 11 is 9.67. The van der Waals surface area contributed by atoms with Crippen molar-refractivity contribution < 1.29 is 19.4 Å². The number of carbonyl (C=O) groups excluding carboxylic acids is 2. The van der Waals surface area contributed by atoms with Gasteiger partial charge in [-0.2, -0.15) is 0 Å². The number of ether oxygens (including phenoxy) is 1. The van der Waals surface area contributed by atoms with Crippen LogP contribution in [0, 0.1) is 0 Å². The number of nitrogens with one attached hydrogen (secondary N) is 1. The molecule has 0 fully saturated rings. The SMILES string of the molecule is COc1cc(C2CC(=O)NC3=C2C(=O)CC(c2ccccc2Cl)C3)cc(Br)c1O. The molecule has 1 aliphatic carbocycles. The highest BCUT2D eigenvalue weighted by Crippen LogP contribution is 2.46. The molecule has 2 atom stereocenters. The van der Waals surface area contributed by atoms with Gasteiger partial charge in [-0.15, -0.1) is 0 Å². The first-order valence-electron chi connectivity index (χ1n) is 9.26. The molecule has 150 valence electrons. The maximum atomic E-state index is 13.2. The molecular formula is C22H19BrClNO4. The molecule has 5 nitrogen and oxygen atoms in total. The predicted molar refractivity (Wildman–Crippen MR) is 113 cm³/mol. The number of phenols is 1. The Hall–Kier alpha value is -2.31. The molecule has 0 spiro atoms. The summed E-state index contributed by atoms with van der Waals surface area (Å²) in [6.07, 6.45) is 1.05. The molecule has 2 aromatic carbocycles. The standard InChI is InChI=1S/C22H19BrClNO4/c1-29-19-9-11(6-15(23)22(19)28)14-10-20(27)25-17-7-12(8-18(26)21(14)17)13-4-2-3-5-16(13)24/h2-6,9,12,14,28H,7-8,10H2,1H3,(H,25,27). The van der Waals surface area contributed by atoms with Crippen LogP contribution in [-0.2, 0) is 9.59 Å². The fourth-order valence-corrected chi connectivity index (χ4v) is 4.97. The number of halogens is 2.